The fourth-order valence-electron chi connectivity index (χ4n) is 2.21. The molecule has 1 aliphatic rings. The molecule has 1 fully saturated rings. The van der Waals surface area contributed by atoms with Crippen LogP contribution in [0, 0.1) is 5.92 Å². The lowest BCUT2D eigenvalue weighted by molar-refractivity contribution is -0.136. The highest BCUT2D eigenvalue weighted by Gasteiger charge is 2.35. The first-order chi connectivity index (χ1) is 10.3. The zero-order valence-corrected chi connectivity index (χ0v) is 13.0. The van der Waals surface area contributed by atoms with Crippen LogP contribution in [0.15, 0.2) is 18.2 Å². The molecular weight excluding hydrogens is 317 g/mol. The number of anilines is 1. The highest BCUT2D eigenvalue weighted by atomic mass is 35.5. The molecule has 1 N–H and O–H groups in total. The van der Waals surface area contributed by atoms with Gasteiger partial charge >= 0.3 is 12.2 Å². The number of nitrogens with one attached hydrogen (secondary N) is 1. The van der Waals surface area contributed by atoms with Gasteiger partial charge in [0.2, 0.25) is 0 Å². The molecular formula is C15H18ClF3N2O. The van der Waals surface area contributed by atoms with Crippen LogP contribution in [0.3, 0.4) is 0 Å². The van der Waals surface area contributed by atoms with Crippen molar-refractivity contribution in [2.24, 2.45) is 5.92 Å². The van der Waals surface area contributed by atoms with Gasteiger partial charge in [0.1, 0.15) is 0 Å². The van der Waals surface area contributed by atoms with Crippen molar-refractivity contribution in [3.8, 4) is 0 Å². The number of carbonyl (C=O) groups excluding carboxylic acids is 1. The zero-order valence-electron chi connectivity index (χ0n) is 12.2. The van der Waals surface area contributed by atoms with Gasteiger partial charge in [-0.1, -0.05) is 18.5 Å². The SMILES string of the molecule is CCCN(CC1CC1)C(=O)Nc1ccc(Cl)cc1C(F)(F)F. The van der Waals surface area contributed by atoms with E-state index in [0.29, 0.717) is 19.0 Å². The van der Waals surface area contributed by atoms with Crippen molar-refractivity contribution in [2.75, 3.05) is 18.4 Å². The summed E-state index contributed by atoms with van der Waals surface area (Å²) in [7, 11) is 0. The molecule has 1 saturated carbocycles. The minimum Gasteiger partial charge on any atom is -0.324 e. The molecule has 0 atom stereocenters. The third-order valence-electron chi connectivity index (χ3n) is 3.48. The molecule has 7 heteroatoms. The first kappa shape index (κ1) is 16.9. The predicted molar refractivity (Wildman–Crippen MR) is 80.1 cm³/mol. The fourth-order valence-corrected chi connectivity index (χ4v) is 2.38. The Labute approximate surface area is 132 Å². The van der Waals surface area contributed by atoms with E-state index in [-0.39, 0.29) is 10.7 Å². The van der Waals surface area contributed by atoms with E-state index in [4.69, 9.17) is 11.6 Å². The van der Waals surface area contributed by atoms with Crippen LogP contribution in [0.1, 0.15) is 31.7 Å². The van der Waals surface area contributed by atoms with Crippen LogP contribution in [0.4, 0.5) is 23.7 Å². The van der Waals surface area contributed by atoms with Gasteiger partial charge in [0, 0.05) is 18.1 Å². The van der Waals surface area contributed by atoms with Crippen molar-refractivity contribution in [2.45, 2.75) is 32.4 Å². The van der Waals surface area contributed by atoms with E-state index in [2.05, 4.69) is 5.32 Å². The van der Waals surface area contributed by atoms with Gasteiger partial charge in [0.25, 0.3) is 0 Å². The molecule has 3 nitrogen and oxygen atoms in total. The predicted octanol–water partition coefficient (Wildman–Crippen LogP) is 5.01. The monoisotopic (exact) mass is 334 g/mol. The number of hydrogen-bond acceptors (Lipinski definition) is 1. The van der Waals surface area contributed by atoms with E-state index < -0.39 is 17.8 Å². The summed E-state index contributed by atoms with van der Waals surface area (Å²) in [4.78, 5) is 13.8. The highest BCUT2D eigenvalue weighted by molar-refractivity contribution is 6.30. The Bertz CT molecular complexity index is 544. The lowest BCUT2D eigenvalue weighted by atomic mass is 10.1. The Morgan fingerprint density at radius 3 is 2.64 bits per heavy atom. The van der Waals surface area contributed by atoms with Gasteiger partial charge in [-0.3, -0.25) is 0 Å². The summed E-state index contributed by atoms with van der Waals surface area (Å²) in [6.45, 7) is 3.04. The zero-order chi connectivity index (χ0) is 16.3. The largest absolute Gasteiger partial charge is 0.418 e. The van der Waals surface area contributed by atoms with Gasteiger partial charge < -0.3 is 10.2 Å². The maximum Gasteiger partial charge on any atom is 0.418 e. The second kappa shape index (κ2) is 6.77. The van der Waals surface area contributed by atoms with Crippen molar-refractivity contribution in [1.29, 1.82) is 0 Å². The standard InChI is InChI=1S/C15H18ClF3N2O/c1-2-7-21(9-10-3-4-10)14(22)20-13-6-5-11(16)8-12(13)15(17,18)19/h5-6,8,10H,2-4,7,9H2,1H3,(H,20,22). The van der Waals surface area contributed by atoms with E-state index in [0.717, 1.165) is 25.3 Å². The summed E-state index contributed by atoms with van der Waals surface area (Å²) < 4.78 is 39.1. The second-order valence-electron chi connectivity index (χ2n) is 5.51. The van der Waals surface area contributed by atoms with Crippen LogP contribution in [0.2, 0.25) is 5.02 Å². The molecule has 0 unspecified atom stereocenters. The highest BCUT2D eigenvalue weighted by Crippen LogP contribution is 2.37. The van der Waals surface area contributed by atoms with Crippen molar-refractivity contribution in [3.05, 3.63) is 28.8 Å². The van der Waals surface area contributed by atoms with Crippen molar-refractivity contribution in [3.63, 3.8) is 0 Å². The minimum absolute atomic E-state index is 0.0197. The number of alkyl halides is 3. The quantitative estimate of drug-likeness (QED) is 0.806. The molecule has 0 saturated heterocycles. The third-order valence-corrected chi connectivity index (χ3v) is 3.72. The maximum absolute atomic E-state index is 13.0. The summed E-state index contributed by atoms with van der Waals surface area (Å²) in [5.41, 5.74) is -1.20. The number of amides is 2. The van der Waals surface area contributed by atoms with Gasteiger partial charge in [-0.25, -0.2) is 4.79 Å². The van der Waals surface area contributed by atoms with Crippen molar-refractivity contribution < 1.29 is 18.0 Å². The van der Waals surface area contributed by atoms with E-state index in [1.54, 1.807) is 4.90 Å². The van der Waals surface area contributed by atoms with Crippen LogP contribution >= 0.6 is 11.6 Å². The van der Waals surface area contributed by atoms with E-state index in [1.807, 2.05) is 6.92 Å². The number of urea groups is 1. The molecule has 0 heterocycles. The fraction of sp³-hybridized carbons (Fsp3) is 0.533. The van der Waals surface area contributed by atoms with Crippen LogP contribution in [-0.2, 0) is 6.18 Å². The molecule has 22 heavy (non-hydrogen) atoms. The topological polar surface area (TPSA) is 32.3 Å². The molecule has 122 valence electrons. The van der Waals surface area contributed by atoms with Crippen LogP contribution < -0.4 is 5.32 Å². The number of benzene rings is 1. The molecule has 0 spiro atoms. The second-order valence-corrected chi connectivity index (χ2v) is 5.94. The summed E-state index contributed by atoms with van der Waals surface area (Å²) >= 11 is 5.63. The maximum atomic E-state index is 13.0. The Balaban J connectivity index is 2.15. The van der Waals surface area contributed by atoms with E-state index >= 15 is 0 Å². The first-order valence-electron chi connectivity index (χ1n) is 7.24. The average Bonchev–Trinajstić information content (AvgIpc) is 3.23. The Morgan fingerprint density at radius 1 is 1.41 bits per heavy atom. The summed E-state index contributed by atoms with van der Waals surface area (Å²) in [6, 6.07) is 2.84. The molecule has 0 aromatic heterocycles. The molecule has 0 radical (unpaired) electrons. The van der Waals surface area contributed by atoms with Gasteiger partial charge in [0.15, 0.2) is 0 Å². The molecule has 2 rings (SSSR count). The summed E-state index contributed by atoms with van der Waals surface area (Å²) in [5.74, 6) is 0.476. The number of hydrogen-bond donors (Lipinski definition) is 1. The Morgan fingerprint density at radius 2 is 2.09 bits per heavy atom. The van der Waals surface area contributed by atoms with E-state index in [1.165, 1.54) is 12.1 Å². The smallest absolute Gasteiger partial charge is 0.324 e. The molecule has 1 aliphatic carbocycles. The van der Waals surface area contributed by atoms with Crippen LogP contribution in [0.5, 0.6) is 0 Å². The molecule has 1 aromatic rings. The number of carbonyl (C=O) groups is 1. The molecule has 2 amide bonds. The van der Waals surface area contributed by atoms with Crippen molar-refractivity contribution >= 4 is 23.3 Å². The average molecular weight is 335 g/mol. The van der Waals surface area contributed by atoms with Crippen molar-refractivity contribution in [1.82, 2.24) is 4.90 Å². The summed E-state index contributed by atoms with van der Waals surface area (Å²) in [6.07, 6.45) is -1.67. The lowest BCUT2D eigenvalue weighted by Crippen LogP contribution is -2.37. The number of halogens is 4. The number of nitrogens with zero attached hydrogens (tertiary/aromatic N) is 1. The Kier molecular flexibility index (Phi) is 5.21. The molecule has 0 bridgehead atoms. The Hall–Kier alpha value is -1.43. The van der Waals surface area contributed by atoms with Gasteiger partial charge in [-0.15, -0.1) is 0 Å². The third kappa shape index (κ3) is 4.53. The lowest BCUT2D eigenvalue weighted by Gasteiger charge is -2.23. The van der Waals surface area contributed by atoms with Crippen LogP contribution in [-0.4, -0.2) is 24.0 Å². The first-order valence-corrected chi connectivity index (χ1v) is 7.61. The van der Waals surface area contributed by atoms with Gasteiger partial charge in [0.05, 0.1) is 11.3 Å². The van der Waals surface area contributed by atoms with Gasteiger partial charge in [-0.05, 0) is 43.4 Å². The van der Waals surface area contributed by atoms with Crippen LogP contribution in [0.25, 0.3) is 0 Å². The van der Waals surface area contributed by atoms with Gasteiger partial charge in [-0.2, -0.15) is 13.2 Å². The minimum atomic E-state index is -4.57. The summed E-state index contributed by atoms with van der Waals surface area (Å²) in [5, 5.41) is 2.35. The van der Waals surface area contributed by atoms with E-state index in [9.17, 15) is 18.0 Å². The molecule has 1 aromatic carbocycles. The molecule has 0 aliphatic heterocycles. The normalized spacial score (nSPS) is 14.8. The number of rotatable bonds is 5.